The molecule has 0 fully saturated rings. The molecule has 2 heterocycles. The first-order chi connectivity index (χ1) is 11.8. The summed E-state index contributed by atoms with van der Waals surface area (Å²) in [6.07, 6.45) is 3.33. The Hall–Kier alpha value is -2.22. The third-order valence-electron chi connectivity index (χ3n) is 4.55. The fourth-order valence-electron chi connectivity index (χ4n) is 3.12. The van der Waals surface area contributed by atoms with E-state index in [4.69, 9.17) is 5.11 Å². The van der Waals surface area contributed by atoms with Crippen molar-refractivity contribution in [2.75, 3.05) is 0 Å². The minimum absolute atomic E-state index is 0.0776. The van der Waals surface area contributed by atoms with Gasteiger partial charge in [-0.3, -0.25) is 14.4 Å². The van der Waals surface area contributed by atoms with Gasteiger partial charge in [-0.15, -0.1) is 11.3 Å². The molecule has 0 bridgehead atoms. The Balaban J connectivity index is 1.76. The van der Waals surface area contributed by atoms with Gasteiger partial charge in [0.2, 0.25) is 5.91 Å². The van der Waals surface area contributed by atoms with Gasteiger partial charge < -0.3 is 15.4 Å². The lowest BCUT2D eigenvalue weighted by atomic mass is 9.89. The van der Waals surface area contributed by atoms with E-state index in [1.807, 2.05) is 0 Å². The number of thiophene rings is 1. The summed E-state index contributed by atoms with van der Waals surface area (Å²) in [6.45, 7) is 3.62. The molecule has 1 aliphatic carbocycles. The molecule has 0 aromatic carbocycles. The number of H-pyrrole nitrogens is 1. The van der Waals surface area contributed by atoms with Crippen molar-refractivity contribution < 1.29 is 14.7 Å². The van der Waals surface area contributed by atoms with E-state index in [-0.39, 0.29) is 24.3 Å². The maximum absolute atomic E-state index is 12.5. The molecule has 2 aromatic rings. The molecule has 8 heteroatoms. The van der Waals surface area contributed by atoms with Crippen molar-refractivity contribution in [3.63, 3.8) is 0 Å². The van der Waals surface area contributed by atoms with Crippen molar-refractivity contribution in [2.45, 2.75) is 52.0 Å². The first-order valence-electron chi connectivity index (χ1n) is 8.40. The van der Waals surface area contributed by atoms with Gasteiger partial charge in [-0.25, -0.2) is 4.98 Å². The minimum atomic E-state index is -1.08. The second kappa shape index (κ2) is 6.95. The van der Waals surface area contributed by atoms with Crippen molar-refractivity contribution in [1.29, 1.82) is 0 Å². The second-order valence-corrected chi connectivity index (χ2v) is 7.76. The molecule has 134 valence electrons. The molecule has 1 amide bonds. The van der Waals surface area contributed by atoms with Gasteiger partial charge in [-0.05, 0) is 37.7 Å². The van der Waals surface area contributed by atoms with Crippen LogP contribution in [0.4, 0.5) is 0 Å². The number of hydrogen-bond donors (Lipinski definition) is 3. The highest BCUT2D eigenvalue weighted by Crippen LogP contribution is 2.35. The van der Waals surface area contributed by atoms with E-state index in [0.717, 1.165) is 29.7 Å². The van der Waals surface area contributed by atoms with Gasteiger partial charge in [-0.2, -0.15) is 0 Å². The lowest BCUT2D eigenvalue weighted by Crippen LogP contribution is -2.38. The fraction of sp³-hybridized carbons (Fsp3) is 0.529. The number of carbonyl (C=O) groups is 2. The highest BCUT2D eigenvalue weighted by atomic mass is 32.1. The number of fused-ring (bicyclic) bond motifs is 3. The topological polar surface area (TPSA) is 112 Å². The molecule has 0 saturated heterocycles. The normalized spacial score (nSPS) is 17.9. The number of aliphatic carboxylic acids is 1. The van der Waals surface area contributed by atoms with Gasteiger partial charge >= 0.3 is 5.97 Å². The molecule has 0 aliphatic heterocycles. The molecule has 0 radical (unpaired) electrons. The average molecular weight is 363 g/mol. The summed E-state index contributed by atoms with van der Waals surface area (Å²) in [5.74, 6) is -0.377. The van der Waals surface area contributed by atoms with Crippen LogP contribution in [-0.2, 0) is 28.9 Å². The van der Waals surface area contributed by atoms with Crippen molar-refractivity contribution in [3.8, 4) is 0 Å². The van der Waals surface area contributed by atoms with Gasteiger partial charge in [0.15, 0.2) is 0 Å². The van der Waals surface area contributed by atoms with Crippen molar-refractivity contribution in [3.05, 3.63) is 26.6 Å². The zero-order valence-electron chi connectivity index (χ0n) is 14.2. The van der Waals surface area contributed by atoms with E-state index in [0.29, 0.717) is 17.1 Å². The Labute approximate surface area is 148 Å². The van der Waals surface area contributed by atoms with Crippen molar-refractivity contribution >= 4 is 33.4 Å². The fourth-order valence-corrected chi connectivity index (χ4v) is 4.52. The highest BCUT2D eigenvalue weighted by molar-refractivity contribution is 7.18. The molecule has 3 N–H and O–H groups in total. The molecule has 3 rings (SSSR count). The molecule has 0 saturated carbocycles. The number of hydrogen-bond acceptors (Lipinski definition) is 5. The predicted molar refractivity (Wildman–Crippen MR) is 95.0 cm³/mol. The van der Waals surface area contributed by atoms with Crippen LogP contribution in [0.3, 0.4) is 0 Å². The summed E-state index contributed by atoms with van der Waals surface area (Å²) in [5.41, 5.74) is 0.984. The van der Waals surface area contributed by atoms with E-state index in [9.17, 15) is 14.4 Å². The molecule has 2 atom stereocenters. The number of aryl methyl sites for hydroxylation is 2. The molecular weight excluding hydrogens is 342 g/mol. The van der Waals surface area contributed by atoms with Crippen LogP contribution >= 0.6 is 11.3 Å². The molecule has 2 aromatic heterocycles. The Morgan fingerprint density at radius 1 is 1.48 bits per heavy atom. The van der Waals surface area contributed by atoms with Crippen molar-refractivity contribution in [1.82, 2.24) is 15.3 Å². The van der Waals surface area contributed by atoms with Gasteiger partial charge in [0.25, 0.3) is 5.56 Å². The number of carbonyl (C=O) groups excluding carboxylic acids is 1. The number of aromatic nitrogens is 2. The number of nitrogens with one attached hydrogen (secondary N) is 2. The number of carboxylic acid groups (broad SMARTS) is 1. The first-order valence-corrected chi connectivity index (χ1v) is 9.22. The van der Waals surface area contributed by atoms with E-state index in [1.165, 1.54) is 11.8 Å². The zero-order valence-corrected chi connectivity index (χ0v) is 15.0. The van der Waals surface area contributed by atoms with Gasteiger partial charge in [0, 0.05) is 17.7 Å². The maximum atomic E-state index is 12.5. The molecule has 7 nitrogen and oxygen atoms in total. The summed E-state index contributed by atoms with van der Waals surface area (Å²) in [5, 5.41) is 11.9. The summed E-state index contributed by atoms with van der Waals surface area (Å²) in [6, 6.07) is -0.937. The van der Waals surface area contributed by atoms with E-state index in [2.05, 4.69) is 22.2 Å². The van der Waals surface area contributed by atoms with E-state index < -0.39 is 12.0 Å². The summed E-state index contributed by atoms with van der Waals surface area (Å²) >= 11 is 1.57. The van der Waals surface area contributed by atoms with Crippen molar-refractivity contribution in [2.24, 2.45) is 5.92 Å². The standard InChI is InChI=1S/C17H21N3O4S/c1-8-3-4-10-11(7-8)25-16-14(10)15(22)19-12(20-16)5-6-13(21)18-9(2)17(23)24/h8-9H,3-7H2,1-2H3,(H,18,21)(H,23,24)(H,19,20,22)/t8?,9-/m1/s1. The number of carboxylic acids is 1. The lowest BCUT2D eigenvalue weighted by Gasteiger charge is -2.17. The quantitative estimate of drug-likeness (QED) is 0.747. The molecule has 25 heavy (non-hydrogen) atoms. The molecule has 0 spiro atoms. The molecule has 1 aliphatic rings. The van der Waals surface area contributed by atoms with Gasteiger partial charge in [0.1, 0.15) is 16.7 Å². The summed E-state index contributed by atoms with van der Waals surface area (Å²) in [7, 11) is 0. The monoisotopic (exact) mass is 363 g/mol. The average Bonchev–Trinajstić information content (AvgIpc) is 2.90. The summed E-state index contributed by atoms with van der Waals surface area (Å²) in [4.78, 5) is 44.3. The number of rotatable bonds is 5. The van der Waals surface area contributed by atoms with Crippen LogP contribution in [0, 0.1) is 5.92 Å². The number of nitrogens with zero attached hydrogens (tertiary/aromatic N) is 1. The third kappa shape index (κ3) is 3.73. The van der Waals surface area contributed by atoms with Gasteiger partial charge in [0.05, 0.1) is 5.39 Å². The Bertz CT molecular complexity index is 886. The second-order valence-electron chi connectivity index (χ2n) is 6.67. The summed E-state index contributed by atoms with van der Waals surface area (Å²) < 4.78 is 0. The SMILES string of the molecule is CC1CCc2c(sc3nc(CCC(=O)N[C@H](C)C(=O)O)[nH]c(=O)c23)C1. The molecule has 1 unspecified atom stereocenters. The third-order valence-corrected chi connectivity index (χ3v) is 5.70. The van der Waals surface area contributed by atoms with E-state index in [1.54, 1.807) is 11.3 Å². The maximum Gasteiger partial charge on any atom is 0.325 e. The van der Waals surface area contributed by atoms with E-state index >= 15 is 0 Å². The van der Waals surface area contributed by atoms with Crippen LogP contribution in [0.15, 0.2) is 4.79 Å². The molecular formula is C17H21N3O4S. The lowest BCUT2D eigenvalue weighted by molar-refractivity contribution is -0.141. The Morgan fingerprint density at radius 3 is 2.96 bits per heavy atom. The predicted octanol–water partition coefficient (Wildman–Crippen LogP) is 1.63. The van der Waals surface area contributed by atoms with Crippen LogP contribution in [0.2, 0.25) is 0 Å². The zero-order chi connectivity index (χ0) is 18.1. The first kappa shape index (κ1) is 17.6. The van der Waals surface area contributed by atoms with Gasteiger partial charge in [-0.1, -0.05) is 6.92 Å². The Kier molecular flexibility index (Phi) is 4.89. The van der Waals surface area contributed by atoms with Crippen LogP contribution < -0.4 is 10.9 Å². The van der Waals surface area contributed by atoms with Crippen LogP contribution in [0.25, 0.3) is 10.2 Å². The number of aromatic amines is 1. The smallest absolute Gasteiger partial charge is 0.325 e. The number of amides is 1. The van der Waals surface area contributed by atoms with Crippen LogP contribution in [-0.4, -0.2) is 33.0 Å². The minimum Gasteiger partial charge on any atom is -0.480 e. The Morgan fingerprint density at radius 2 is 2.24 bits per heavy atom. The van der Waals surface area contributed by atoms with Crippen LogP contribution in [0.5, 0.6) is 0 Å². The highest BCUT2D eigenvalue weighted by Gasteiger charge is 2.23. The largest absolute Gasteiger partial charge is 0.480 e. The van der Waals surface area contributed by atoms with Crippen LogP contribution in [0.1, 0.15) is 43.0 Å².